The summed E-state index contributed by atoms with van der Waals surface area (Å²) in [5.41, 5.74) is 2.35. The molecule has 6 heteroatoms. The number of rotatable bonds is 8. The van der Waals surface area contributed by atoms with Crippen LogP contribution in [0.4, 0.5) is 16.2 Å². The Kier molecular flexibility index (Phi) is 7.49. The van der Waals surface area contributed by atoms with Gasteiger partial charge in [0.2, 0.25) is 5.91 Å². The largest absolute Gasteiger partial charge is 0.494 e. The summed E-state index contributed by atoms with van der Waals surface area (Å²) in [5, 5.41) is 8.23. The van der Waals surface area contributed by atoms with Crippen LogP contribution in [-0.4, -0.2) is 25.1 Å². The van der Waals surface area contributed by atoms with E-state index in [2.05, 4.69) is 16.0 Å². The lowest BCUT2D eigenvalue weighted by Gasteiger charge is -2.09. The van der Waals surface area contributed by atoms with Gasteiger partial charge in [0, 0.05) is 24.3 Å². The molecule has 2 aromatic carbocycles. The average molecular weight is 355 g/mol. The summed E-state index contributed by atoms with van der Waals surface area (Å²) in [6.07, 6.45) is 1.02. The number of hydrogen-bond donors (Lipinski definition) is 3. The lowest BCUT2D eigenvalue weighted by Crippen LogP contribution is -2.28. The fourth-order valence-corrected chi connectivity index (χ4v) is 2.41. The van der Waals surface area contributed by atoms with Crippen LogP contribution in [0.5, 0.6) is 5.75 Å². The molecule has 0 bridgehead atoms. The Labute approximate surface area is 153 Å². The maximum absolute atomic E-state index is 12.2. The maximum atomic E-state index is 12.2. The number of aryl methyl sites for hydroxylation is 1. The van der Waals surface area contributed by atoms with Crippen LogP contribution in [-0.2, 0) is 11.2 Å². The quantitative estimate of drug-likeness (QED) is 0.674. The molecule has 3 amide bonds. The highest BCUT2D eigenvalue weighted by Gasteiger charge is 2.06. The number of urea groups is 1. The number of anilines is 2. The Morgan fingerprint density at radius 1 is 0.962 bits per heavy atom. The average Bonchev–Trinajstić information content (AvgIpc) is 2.62. The minimum Gasteiger partial charge on any atom is -0.494 e. The van der Waals surface area contributed by atoms with E-state index >= 15 is 0 Å². The van der Waals surface area contributed by atoms with Crippen LogP contribution in [0.25, 0.3) is 0 Å². The third-order valence-electron chi connectivity index (χ3n) is 3.62. The van der Waals surface area contributed by atoms with E-state index < -0.39 is 0 Å². The van der Waals surface area contributed by atoms with Gasteiger partial charge >= 0.3 is 6.03 Å². The van der Waals surface area contributed by atoms with Crippen molar-refractivity contribution >= 4 is 23.3 Å². The van der Waals surface area contributed by atoms with Gasteiger partial charge in [-0.3, -0.25) is 4.79 Å². The molecule has 0 saturated carbocycles. The predicted octanol–water partition coefficient (Wildman–Crippen LogP) is 3.80. The van der Waals surface area contributed by atoms with E-state index in [1.54, 1.807) is 24.3 Å². The van der Waals surface area contributed by atoms with Crippen molar-refractivity contribution in [1.82, 2.24) is 5.32 Å². The van der Waals surface area contributed by atoms with Gasteiger partial charge in [0.1, 0.15) is 5.75 Å². The zero-order valence-electron chi connectivity index (χ0n) is 15.2. The molecule has 2 aromatic rings. The second kappa shape index (κ2) is 10.1. The lowest BCUT2D eigenvalue weighted by atomic mass is 10.1. The molecule has 3 N–H and O–H groups in total. The van der Waals surface area contributed by atoms with Crippen molar-refractivity contribution in [2.75, 3.05) is 23.8 Å². The van der Waals surface area contributed by atoms with E-state index in [4.69, 9.17) is 4.74 Å². The molecule has 0 aliphatic carbocycles. The molecule has 0 aliphatic heterocycles. The van der Waals surface area contributed by atoms with Crippen LogP contribution in [0.15, 0.2) is 48.5 Å². The predicted molar refractivity (Wildman–Crippen MR) is 104 cm³/mol. The Morgan fingerprint density at radius 2 is 1.65 bits per heavy atom. The SMILES string of the molecule is CCNC(=O)Nc1cccc(NC(=O)CCc2ccc(OCC)cc2)c1. The van der Waals surface area contributed by atoms with Crippen LogP contribution in [0.2, 0.25) is 0 Å². The van der Waals surface area contributed by atoms with Gasteiger partial charge < -0.3 is 20.7 Å². The molecule has 0 aromatic heterocycles. The van der Waals surface area contributed by atoms with Gasteiger partial charge in [-0.05, 0) is 56.2 Å². The summed E-state index contributed by atoms with van der Waals surface area (Å²) in [4.78, 5) is 23.7. The first-order chi connectivity index (χ1) is 12.6. The molecule has 138 valence electrons. The normalized spacial score (nSPS) is 10.1. The summed E-state index contributed by atoms with van der Waals surface area (Å²) < 4.78 is 5.41. The number of amides is 3. The number of nitrogens with one attached hydrogen (secondary N) is 3. The number of carbonyl (C=O) groups excluding carboxylic acids is 2. The van der Waals surface area contributed by atoms with Crippen molar-refractivity contribution in [3.8, 4) is 5.75 Å². The number of carbonyl (C=O) groups is 2. The van der Waals surface area contributed by atoms with Crippen molar-refractivity contribution in [3.05, 3.63) is 54.1 Å². The monoisotopic (exact) mass is 355 g/mol. The third-order valence-corrected chi connectivity index (χ3v) is 3.62. The topological polar surface area (TPSA) is 79.5 Å². The molecule has 0 unspecified atom stereocenters. The van der Waals surface area contributed by atoms with Crippen LogP contribution < -0.4 is 20.7 Å². The van der Waals surface area contributed by atoms with E-state index in [1.807, 2.05) is 38.1 Å². The van der Waals surface area contributed by atoms with Crippen molar-refractivity contribution in [3.63, 3.8) is 0 Å². The van der Waals surface area contributed by atoms with Gasteiger partial charge in [-0.2, -0.15) is 0 Å². The Morgan fingerprint density at radius 3 is 2.31 bits per heavy atom. The zero-order chi connectivity index (χ0) is 18.8. The molecule has 0 saturated heterocycles. The summed E-state index contributed by atoms with van der Waals surface area (Å²) in [6, 6.07) is 14.5. The van der Waals surface area contributed by atoms with Gasteiger partial charge in [-0.15, -0.1) is 0 Å². The van der Waals surface area contributed by atoms with Crippen LogP contribution in [0.1, 0.15) is 25.8 Å². The van der Waals surface area contributed by atoms with Crippen molar-refractivity contribution in [2.24, 2.45) is 0 Å². The molecule has 6 nitrogen and oxygen atoms in total. The van der Waals surface area contributed by atoms with E-state index in [-0.39, 0.29) is 11.9 Å². The Bertz CT molecular complexity index is 729. The molecule has 0 spiro atoms. The van der Waals surface area contributed by atoms with Gasteiger partial charge in [-0.25, -0.2) is 4.79 Å². The van der Waals surface area contributed by atoms with Gasteiger partial charge in [0.25, 0.3) is 0 Å². The highest BCUT2D eigenvalue weighted by molar-refractivity contribution is 5.93. The first-order valence-corrected chi connectivity index (χ1v) is 8.77. The minimum atomic E-state index is -0.272. The van der Waals surface area contributed by atoms with Crippen molar-refractivity contribution in [1.29, 1.82) is 0 Å². The second-order valence-electron chi connectivity index (χ2n) is 5.69. The van der Waals surface area contributed by atoms with Gasteiger partial charge in [0.15, 0.2) is 0 Å². The summed E-state index contributed by atoms with van der Waals surface area (Å²) in [7, 11) is 0. The molecule has 2 rings (SSSR count). The Hall–Kier alpha value is -3.02. The fraction of sp³-hybridized carbons (Fsp3) is 0.300. The van der Waals surface area contributed by atoms with Crippen molar-refractivity contribution in [2.45, 2.75) is 26.7 Å². The highest BCUT2D eigenvalue weighted by atomic mass is 16.5. The summed E-state index contributed by atoms with van der Waals surface area (Å²) >= 11 is 0. The lowest BCUT2D eigenvalue weighted by molar-refractivity contribution is -0.116. The van der Waals surface area contributed by atoms with E-state index in [0.29, 0.717) is 37.4 Å². The number of benzene rings is 2. The minimum absolute atomic E-state index is 0.0750. The highest BCUT2D eigenvalue weighted by Crippen LogP contribution is 2.16. The number of hydrogen-bond acceptors (Lipinski definition) is 3. The van der Waals surface area contributed by atoms with Crippen LogP contribution in [0, 0.1) is 0 Å². The molecular weight excluding hydrogens is 330 g/mol. The molecule has 0 aliphatic rings. The van der Waals surface area contributed by atoms with Crippen LogP contribution >= 0.6 is 0 Å². The van der Waals surface area contributed by atoms with Crippen molar-refractivity contribution < 1.29 is 14.3 Å². The summed E-state index contributed by atoms with van der Waals surface area (Å²) in [6.45, 7) is 4.98. The van der Waals surface area contributed by atoms with Crippen LogP contribution in [0.3, 0.4) is 0 Å². The second-order valence-corrected chi connectivity index (χ2v) is 5.69. The molecule has 0 fully saturated rings. The number of ether oxygens (including phenoxy) is 1. The van der Waals surface area contributed by atoms with E-state index in [9.17, 15) is 9.59 Å². The molecular formula is C20H25N3O3. The van der Waals surface area contributed by atoms with Gasteiger partial charge in [-0.1, -0.05) is 18.2 Å². The third kappa shape index (κ3) is 6.47. The van der Waals surface area contributed by atoms with Gasteiger partial charge in [0.05, 0.1) is 6.61 Å². The fourth-order valence-electron chi connectivity index (χ4n) is 2.41. The molecule has 26 heavy (non-hydrogen) atoms. The maximum Gasteiger partial charge on any atom is 0.319 e. The molecule has 0 atom stereocenters. The van der Waals surface area contributed by atoms with E-state index in [1.165, 1.54) is 0 Å². The van der Waals surface area contributed by atoms with E-state index in [0.717, 1.165) is 11.3 Å². The zero-order valence-corrected chi connectivity index (χ0v) is 15.2. The Balaban J connectivity index is 1.84. The standard InChI is InChI=1S/C20H25N3O3/c1-3-21-20(25)23-17-7-5-6-16(14-17)22-19(24)13-10-15-8-11-18(12-9-15)26-4-2/h5-9,11-12,14H,3-4,10,13H2,1-2H3,(H,22,24)(H2,21,23,25). The summed E-state index contributed by atoms with van der Waals surface area (Å²) in [5.74, 6) is 0.756. The molecule has 0 radical (unpaired) electrons. The smallest absolute Gasteiger partial charge is 0.319 e. The first-order valence-electron chi connectivity index (χ1n) is 8.77. The first kappa shape index (κ1) is 19.3. The molecule has 0 heterocycles.